The molecule has 3 heterocycles. The summed E-state index contributed by atoms with van der Waals surface area (Å²) in [5, 5.41) is 7.67. The summed E-state index contributed by atoms with van der Waals surface area (Å²) in [5.74, 6) is 6.51. The first-order valence-corrected chi connectivity index (χ1v) is 6.25. The molecule has 9 nitrogen and oxygen atoms in total. The number of hydrogen-bond acceptors (Lipinski definition) is 8. The summed E-state index contributed by atoms with van der Waals surface area (Å²) in [6.07, 6.45) is 1.71. The van der Waals surface area contributed by atoms with E-state index in [1.807, 2.05) is 0 Å². The first-order chi connectivity index (χ1) is 9.76. The number of nitrogens with one attached hydrogen (secondary N) is 2. The molecule has 1 fully saturated rings. The number of fused-ring (bicyclic) bond motifs is 1. The molecule has 4 N–H and O–H groups in total. The Morgan fingerprint density at radius 2 is 2.00 bits per heavy atom. The highest BCUT2D eigenvalue weighted by molar-refractivity contribution is 5.87. The number of methoxy groups -OCH3 is 2. The van der Waals surface area contributed by atoms with Crippen molar-refractivity contribution in [2.45, 2.75) is 12.2 Å². The fraction of sp³-hybridized carbons (Fsp3) is 0.545. The SMILES string of the molecule is COC1CN(c2nc(NN)nc3[nH]ncc23)CC1OC. The van der Waals surface area contributed by atoms with Crippen LogP contribution in [0.2, 0.25) is 0 Å². The molecule has 0 spiro atoms. The molecule has 2 aromatic heterocycles. The third kappa shape index (κ3) is 2.05. The third-order valence-corrected chi connectivity index (χ3v) is 3.54. The van der Waals surface area contributed by atoms with Crippen LogP contribution in [0.4, 0.5) is 11.8 Å². The van der Waals surface area contributed by atoms with Crippen LogP contribution >= 0.6 is 0 Å². The summed E-state index contributed by atoms with van der Waals surface area (Å²) >= 11 is 0. The molecule has 2 aromatic rings. The maximum absolute atomic E-state index is 5.44. The van der Waals surface area contributed by atoms with Gasteiger partial charge in [-0.1, -0.05) is 0 Å². The lowest BCUT2D eigenvalue weighted by molar-refractivity contribution is -0.00461. The number of rotatable bonds is 4. The Morgan fingerprint density at radius 1 is 1.30 bits per heavy atom. The average molecular weight is 279 g/mol. The number of hydrazine groups is 1. The molecule has 0 saturated carbocycles. The van der Waals surface area contributed by atoms with Crippen molar-refractivity contribution < 1.29 is 9.47 Å². The second-order valence-corrected chi connectivity index (χ2v) is 4.60. The van der Waals surface area contributed by atoms with Crippen LogP contribution in [-0.2, 0) is 9.47 Å². The summed E-state index contributed by atoms with van der Waals surface area (Å²) in [7, 11) is 3.36. The van der Waals surface area contributed by atoms with Crippen molar-refractivity contribution in [1.29, 1.82) is 0 Å². The number of hydrogen-bond donors (Lipinski definition) is 3. The summed E-state index contributed by atoms with van der Waals surface area (Å²) in [4.78, 5) is 10.7. The van der Waals surface area contributed by atoms with Crippen LogP contribution in [0.1, 0.15) is 0 Å². The summed E-state index contributed by atoms with van der Waals surface area (Å²) < 4.78 is 10.9. The molecule has 0 aromatic carbocycles. The van der Waals surface area contributed by atoms with Crippen molar-refractivity contribution in [3.63, 3.8) is 0 Å². The monoisotopic (exact) mass is 279 g/mol. The first kappa shape index (κ1) is 13.0. The average Bonchev–Trinajstić information content (AvgIpc) is 3.11. The number of nitrogens with zero attached hydrogens (tertiary/aromatic N) is 4. The Hall–Kier alpha value is -1.97. The fourth-order valence-electron chi connectivity index (χ4n) is 2.49. The molecule has 20 heavy (non-hydrogen) atoms. The number of H-pyrrole nitrogens is 1. The van der Waals surface area contributed by atoms with Gasteiger partial charge in [-0.05, 0) is 0 Å². The maximum atomic E-state index is 5.44. The molecule has 0 aliphatic carbocycles. The second kappa shape index (κ2) is 5.19. The predicted octanol–water partition coefficient (Wildman–Crippen LogP) is -0.511. The van der Waals surface area contributed by atoms with Crippen LogP contribution in [0, 0.1) is 0 Å². The molecular weight excluding hydrogens is 262 g/mol. The van der Waals surface area contributed by atoms with E-state index < -0.39 is 0 Å². The van der Waals surface area contributed by atoms with E-state index >= 15 is 0 Å². The second-order valence-electron chi connectivity index (χ2n) is 4.60. The minimum atomic E-state index is 0.00574. The molecule has 1 aliphatic rings. The van der Waals surface area contributed by atoms with Gasteiger partial charge in [0.15, 0.2) is 5.65 Å². The number of nitrogen functional groups attached to an aromatic ring is 1. The van der Waals surface area contributed by atoms with Crippen molar-refractivity contribution in [3.05, 3.63) is 6.20 Å². The van der Waals surface area contributed by atoms with Gasteiger partial charge in [0.05, 0.1) is 11.6 Å². The zero-order valence-corrected chi connectivity index (χ0v) is 11.3. The highest BCUT2D eigenvalue weighted by Gasteiger charge is 2.34. The quantitative estimate of drug-likeness (QED) is 0.506. The molecule has 2 atom stereocenters. The van der Waals surface area contributed by atoms with Gasteiger partial charge in [-0.15, -0.1) is 0 Å². The normalized spacial score (nSPS) is 22.6. The molecular formula is C11H17N7O2. The van der Waals surface area contributed by atoms with Gasteiger partial charge in [-0.25, -0.2) is 5.84 Å². The van der Waals surface area contributed by atoms with Gasteiger partial charge < -0.3 is 14.4 Å². The lowest BCUT2D eigenvalue weighted by Gasteiger charge is -2.18. The molecule has 108 valence electrons. The molecule has 1 aliphatic heterocycles. The van der Waals surface area contributed by atoms with E-state index in [4.69, 9.17) is 15.3 Å². The fourth-order valence-corrected chi connectivity index (χ4v) is 2.49. The summed E-state index contributed by atoms with van der Waals surface area (Å²) in [6, 6.07) is 0. The molecule has 0 amide bonds. The van der Waals surface area contributed by atoms with Gasteiger partial charge in [0.25, 0.3) is 0 Å². The largest absolute Gasteiger partial charge is 0.377 e. The van der Waals surface area contributed by atoms with Crippen molar-refractivity contribution in [3.8, 4) is 0 Å². The first-order valence-electron chi connectivity index (χ1n) is 6.25. The molecule has 1 saturated heterocycles. The lowest BCUT2D eigenvalue weighted by Crippen LogP contribution is -2.27. The molecule has 0 radical (unpaired) electrons. The van der Waals surface area contributed by atoms with Crippen LogP contribution in [0.5, 0.6) is 0 Å². The van der Waals surface area contributed by atoms with Crippen LogP contribution < -0.4 is 16.2 Å². The van der Waals surface area contributed by atoms with Crippen LogP contribution in [0.15, 0.2) is 6.20 Å². The predicted molar refractivity (Wildman–Crippen MR) is 73.3 cm³/mol. The topological polar surface area (TPSA) is 114 Å². The Bertz CT molecular complexity index is 589. The van der Waals surface area contributed by atoms with E-state index in [2.05, 4.69) is 30.5 Å². The Morgan fingerprint density at radius 3 is 2.60 bits per heavy atom. The lowest BCUT2D eigenvalue weighted by atomic mass is 10.3. The van der Waals surface area contributed by atoms with E-state index in [-0.39, 0.29) is 12.2 Å². The van der Waals surface area contributed by atoms with Gasteiger partial charge in [0.2, 0.25) is 5.95 Å². The van der Waals surface area contributed by atoms with Gasteiger partial charge in [0.1, 0.15) is 18.0 Å². The zero-order chi connectivity index (χ0) is 14.1. The van der Waals surface area contributed by atoms with E-state index in [0.717, 1.165) is 11.2 Å². The number of anilines is 2. The van der Waals surface area contributed by atoms with Crippen molar-refractivity contribution >= 4 is 22.8 Å². The standard InChI is InChI=1S/C11H17N7O2/c1-19-7-4-18(5-8(7)20-2)10-6-3-13-17-9(6)14-11(15-10)16-12/h3,7-8H,4-5,12H2,1-2H3,(H2,13,14,15,16,17). The number of aromatic nitrogens is 4. The highest BCUT2D eigenvalue weighted by Crippen LogP contribution is 2.28. The molecule has 2 unspecified atom stereocenters. The van der Waals surface area contributed by atoms with Gasteiger partial charge in [-0.3, -0.25) is 10.5 Å². The van der Waals surface area contributed by atoms with Gasteiger partial charge in [-0.2, -0.15) is 15.1 Å². The Balaban J connectivity index is 1.99. The molecule has 9 heteroatoms. The Labute approximate surface area is 115 Å². The van der Waals surface area contributed by atoms with E-state index in [0.29, 0.717) is 24.7 Å². The highest BCUT2D eigenvalue weighted by atomic mass is 16.5. The molecule has 3 rings (SSSR count). The van der Waals surface area contributed by atoms with Crippen LogP contribution in [0.3, 0.4) is 0 Å². The van der Waals surface area contributed by atoms with E-state index in [9.17, 15) is 0 Å². The number of ether oxygens (including phenoxy) is 2. The minimum absolute atomic E-state index is 0.00574. The van der Waals surface area contributed by atoms with Crippen molar-refractivity contribution in [1.82, 2.24) is 20.2 Å². The van der Waals surface area contributed by atoms with Gasteiger partial charge >= 0.3 is 0 Å². The van der Waals surface area contributed by atoms with E-state index in [1.165, 1.54) is 0 Å². The minimum Gasteiger partial charge on any atom is -0.377 e. The van der Waals surface area contributed by atoms with E-state index in [1.54, 1.807) is 20.4 Å². The number of aromatic amines is 1. The molecule has 0 bridgehead atoms. The van der Waals surface area contributed by atoms with Gasteiger partial charge in [0, 0.05) is 27.3 Å². The summed E-state index contributed by atoms with van der Waals surface area (Å²) in [5.41, 5.74) is 3.10. The van der Waals surface area contributed by atoms with Crippen LogP contribution in [0.25, 0.3) is 11.0 Å². The summed E-state index contributed by atoms with van der Waals surface area (Å²) in [6.45, 7) is 1.38. The Kier molecular flexibility index (Phi) is 3.38. The van der Waals surface area contributed by atoms with Crippen LogP contribution in [-0.4, -0.2) is 59.7 Å². The van der Waals surface area contributed by atoms with Crippen molar-refractivity contribution in [2.75, 3.05) is 37.6 Å². The third-order valence-electron chi connectivity index (χ3n) is 3.54. The number of nitrogens with two attached hydrogens (primary N) is 1. The smallest absolute Gasteiger partial charge is 0.241 e. The maximum Gasteiger partial charge on any atom is 0.241 e. The zero-order valence-electron chi connectivity index (χ0n) is 11.3. The van der Waals surface area contributed by atoms with Crippen molar-refractivity contribution in [2.24, 2.45) is 5.84 Å².